The SMILES string of the molecule is COc1ccc(C#CCO)c(COC2CCCCC2C)c1. The van der Waals surface area contributed by atoms with Gasteiger partial charge in [0.25, 0.3) is 0 Å². The molecule has 1 N–H and O–H groups in total. The molecule has 0 bridgehead atoms. The topological polar surface area (TPSA) is 38.7 Å². The fourth-order valence-electron chi connectivity index (χ4n) is 2.80. The van der Waals surface area contributed by atoms with Crippen LogP contribution in [0.25, 0.3) is 0 Å². The van der Waals surface area contributed by atoms with Crippen LogP contribution in [0.2, 0.25) is 0 Å². The van der Waals surface area contributed by atoms with Gasteiger partial charge in [-0.15, -0.1) is 0 Å². The van der Waals surface area contributed by atoms with Crippen LogP contribution in [0, 0.1) is 17.8 Å². The van der Waals surface area contributed by atoms with E-state index in [1.54, 1.807) is 7.11 Å². The number of methoxy groups -OCH3 is 1. The van der Waals surface area contributed by atoms with Crippen molar-refractivity contribution in [2.24, 2.45) is 5.92 Å². The highest BCUT2D eigenvalue weighted by Gasteiger charge is 2.22. The number of hydrogen-bond acceptors (Lipinski definition) is 3. The fraction of sp³-hybridized carbons (Fsp3) is 0.556. The second-order valence-corrected chi connectivity index (χ2v) is 5.59. The Morgan fingerprint density at radius 1 is 1.29 bits per heavy atom. The highest BCUT2D eigenvalue weighted by Crippen LogP contribution is 2.28. The normalized spacial score (nSPS) is 21.5. The summed E-state index contributed by atoms with van der Waals surface area (Å²) in [5.41, 5.74) is 1.92. The van der Waals surface area contributed by atoms with Crippen LogP contribution in [0.4, 0.5) is 0 Å². The van der Waals surface area contributed by atoms with Crippen molar-refractivity contribution in [3.8, 4) is 17.6 Å². The zero-order valence-electron chi connectivity index (χ0n) is 12.9. The molecule has 0 spiro atoms. The molecular formula is C18H24O3. The van der Waals surface area contributed by atoms with Gasteiger partial charge in [0.1, 0.15) is 12.4 Å². The molecule has 0 aliphatic heterocycles. The monoisotopic (exact) mass is 288 g/mol. The smallest absolute Gasteiger partial charge is 0.119 e. The molecule has 0 radical (unpaired) electrons. The van der Waals surface area contributed by atoms with Crippen LogP contribution >= 0.6 is 0 Å². The van der Waals surface area contributed by atoms with Crippen molar-refractivity contribution in [2.45, 2.75) is 45.3 Å². The van der Waals surface area contributed by atoms with E-state index in [0.29, 0.717) is 18.6 Å². The Morgan fingerprint density at radius 3 is 2.81 bits per heavy atom. The highest BCUT2D eigenvalue weighted by molar-refractivity contribution is 5.45. The predicted octanol–water partition coefficient (Wildman–Crippen LogP) is 3.13. The van der Waals surface area contributed by atoms with E-state index in [4.69, 9.17) is 14.6 Å². The molecule has 2 unspecified atom stereocenters. The van der Waals surface area contributed by atoms with Crippen LogP contribution in [-0.2, 0) is 11.3 Å². The van der Waals surface area contributed by atoms with Crippen LogP contribution in [0.15, 0.2) is 18.2 Å². The largest absolute Gasteiger partial charge is 0.497 e. The van der Waals surface area contributed by atoms with Crippen molar-refractivity contribution in [2.75, 3.05) is 13.7 Å². The van der Waals surface area contributed by atoms with E-state index in [-0.39, 0.29) is 6.61 Å². The second kappa shape index (κ2) is 8.07. The van der Waals surface area contributed by atoms with Crippen LogP contribution in [0.1, 0.15) is 43.7 Å². The van der Waals surface area contributed by atoms with Gasteiger partial charge < -0.3 is 14.6 Å². The minimum Gasteiger partial charge on any atom is -0.497 e. The number of hydrogen-bond donors (Lipinski definition) is 1. The number of rotatable bonds is 4. The van der Waals surface area contributed by atoms with Gasteiger partial charge in [-0.05, 0) is 42.5 Å². The summed E-state index contributed by atoms with van der Waals surface area (Å²) in [6, 6.07) is 5.77. The highest BCUT2D eigenvalue weighted by atomic mass is 16.5. The maximum absolute atomic E-state index is 8.86. The third-order valence-corrected chi connectivity index (χ3v) is 4.10. The molecule has 2 atom stereocenters. The minimum atomic E-state index is -0.133. The maximum atomic E-state index is 8.86. The van der Waals surface area contributed by atoms with E-state index < -0.39 is 0 Å². The van der Waals surface area contributed by atoms with Crippen molar-refractivity contribution in [3.63, 3.8) is 0 Å². The van der Waals surface area contributed by atoms with Gasteiger partial charge in [0.15, 0.2) is 0 Å². The van der Waals surface area contributed by atoms with Gasteiger partial charge in [-0.2, -0.15) is 0 Å². The molecule has 0 heterocycles. The van der Waals surface area contributed by atoms with Crippen LogP contribution in [-0.4, -0.2) is 24.9 Å². The van der Waals surface area contributed by atoms with E-state index in [9.17, 15) is 0 Å². The Bertz CT molecular complexity index is 513. The molecule has 114 valence electrons. The van der Waals surface area contributed by atoms with E-state index in [1.807, 2.05) is 18.2 Å². The number of ether oxygens (including phenoxy) is 2. The van der Waals surface area contributed by atoms with E-state index >= 15 is 0 Å². The lowest BCUT2D eigenvalue weighted by Gasteiger charge is -2.29. The first-order valence-corrected chi connectivity index (χ1v) is 7.63. The number of aliphatic hydroxyl groups excluding tert-OH is 1. The number of aliphatic hydroxyl groups is 1. The molecule has 21 heavy (non-hydrogen) atoms. The maximum Gasteiger partial charge on any atom is 0.119 e. The van der Waals surface area contributed by atoms with Crippen LogP contribution in [0.5, 0.6) is 5.75 Å². The molecule has 0 amide bonds. The third kappa shape index (κ3) is 4.49. The lowest BCUT2D eigenvalue weighted by Crippen LogP contribution is -2.25. The van der Waals surface area contributed by atoms with E-state index in [0.717, 1.165) is 23.3 Å². The first kappa shape index (κ1) is 15.9. The Balaban J connectivity index is 2.09. The van der Waals surface area contributed by atoms with Crippen LogP contribution in [0.3, 0.4) is 0 Å². The number of benzene rings is 1. The molecule has 1 aliphatic rings. The zero-order chi connectivity index (χ0) is 15.1. The summed E-state index contributed by atoms with van der Waals surface area (Å²) < 4.78 is 11.4. The molecule has 1 fully saturated rings. The molecule has 1 aromatic rings. The Morgan fingerprint density at radius 2 is 2.10 bits per heavy atom. The summed E-state index contributed by atoms with van der Waals surface area (Å²) in [5.74, 6) is 7.10. The van der Waals surface area contributed by atoms with Gasteiger partial charge in [0.2, 0.25) is 0 Å². The van der Waals surface area contributed by atoms with E-state index in [2.05, 4.69) is 18.8 Å². The molecule has 0 saturated heterocycles. The first-order chi connectivity index (χ1) is 10.2. The van der Waals surface area contributed by atoms with Gasteiger partial charge in [0, 0.05) is 5.56 Å². The molecule has 3 nitrogen and oxygen atoms in total. The summed E-state index contributed by atoms with van der Waals surface area (Å²) >= 11 is 0. The molecule has 1 aromatic carbocycles. The Kier molecular flexibility index (Phi) is 6.10. The van der Waals surface area contributed by atoms with Crippen molar-refractivity contribution in [3.05, 3.63) is 29.3 Å². The summed E-state index contributed by atoms with van der Waals surface area (Å²) in [6.45, 7) is 2.68. The summed E-state index contributed by atoms with van der Waals surface area (Å²) in [7, 11) is 1.66. The van der Waals surface area contributed by atoms with Crippen LogP contribution < -0.4 is 4.74 Å². The van der Waals surface area contributed by atoms with Gasteiger partial charge >= 0.3 is 0 Å². The lowest BCUT2D eigenvalue weighted by molar-refractivity contribution is -0.0155. The molecule has 2 rings (SSSR count). The lowest BCUT2D eigenvalue weighted by atomic mass is 9.88. The molecule has 1 saturated carbocycles. The van der Waals surface area contributed by atoms with Crippen molar-refractivity contribution < 1.29 is 14.6 Å². The molecule has 3 heteroatoms. The quantitative estimate of drug-likeness (QED) is 0.865. The van der Waals surface area contributed by atoms with Gasteiger partial charge in [-0.25, -0.2) is 0 Å². The van der Waals surface area contributed by atoms with Crippen molar-refractivity contribution >= 4 is 0 Å². The standard InChI is InChI=1S/C18H24O3/c1-14-6-3-4-8-18(14)21-13-16-12-17(20-2)10-9-15(16)7-5-11-19/h9-10,12,14,18-19H,3-4,6,8,11,13H2,1-2H3. The summed E-state index contributed by atoms with van der Waals surface area (Å²) in [4.78, 5) is 0. The fourth-order valence-corrected chi connectivity index (χ4v) is 2.80. The average Bonchev–Trinajstić information content (AvgIpc) is 2.52. The molecule has 1 aliphatic carbocycles. The summed E-state index contributed by atoms with van der Waals surface area (Å²) in [5, 5.41) is 8.86. The summed E-state index contributed by atoms with van der Waals surface area (Å²) in [6.07, 6.45) is 5.30. The second-order valence-electron chi connectivity index (χ2n) is 5.59. The Labute approximate surface area is 127 Å². The average molecular weight is 288 g/mol. The third-order valence-electron chi connectivity index (χ3n) is 4.10. The molecule has 0 aromatic heterocycles. The van der Waals surface area contributed by atoms with Crippen molar-refractivity contribution in [1.29, 1.82) is 0 Å². The van der Waals surface area contributed by atoms with Crippen molar-refractivity contribution in [1.82, 2.24) is 0 Å². The van der Waals surface area contributed by atoms with Gasteiger partial charge in [0.05, 0.1) is 19.8 Å². The van der Waals surface area contributed by atoms with E-state index in [1.165, 1.54) is 19.3 Å². The van der Waals surface area contributed by atoms with Gasteiger partial charge in [-0.1, -0.05) is 31.6 Å². The first-order valence-electron chi connectivity index (χ1n) is 7.63. The van der Waals surface area contributed by atoms with Gasteiger partial charge in [-0.3, -0.25) is 0 Å². The molecular weight excluding hydrogens is 264 g/mol. The predicted molar refractivity (Wildman–Crippen MR) is 83.2 cm³/mol. The minimum absolute atomic E-state index is 0.133. The Hall–Kier alpha value is -1.50. The zero-order valence-corrected chi connectivity index (χ0v) is 12.9.